The lowest BCUT2D eigenvalue weighted by Crippen LogP contribution is -2.23. The van der Waals surface area contributed by atoms with E-state index in [1.165, 1.54) is 0 Å². The lowest BCUT2D eigenvalue weighted by atomic mass is 10.2. The Morgan fingerprint density at radius 2 is 2.05 bits per heavy atom. The molecule has 0 fully saturated rings. The van der Waals surface area contributed by atoms with E-state index in [0.717, 1.165) is 11.3 Å². The highest BCUT2D eigenvalue weighted by molar-refractivity contribution is 6.32. The summed E-state index contributed by atoms with van der Waals surface area (Å²) in [5.41, 5.74) is 1.35. The third kappa shape index (κ3) is 3.45. The third-order valence-electron chi connectivity index (χ3n) is 2.62. The van der Waals surface area contributed by atoms with Gasteiger partial charge in [0.25, 0.3) is 5.91 Å². The fraction of sp³-hybridized carbons (Fsp3) is 0.143. The first-order chi connectivity index (χ1) is 9.20. The Kier molecular flexibility index (Phi) is 4.36. The summed E-state index contributed by atoms with van der Waals surface area (Å²) < 4.78 is 5.07. The average Bonchev–Trinajstić information content (AvgIpc) is 2.46. The molecule has 19 heavy (non-hydrogen) atoms. The molecule has 0 aliphatic rings. The van der Waals surface area contributed by atoms with Crippen LogP contribution in [-0.4, -0.2) is 18.0 Å². The molecule has 2 rings (SSSR count). The maximum Gasteiger partial charge on any atom is 0.254 e. The number of carbonyl (C=O) groups excluding carboxylic acids is 1. The van der Waals surface area contributed by atoms with Crippen LogP contribution in [0.1, 0.15) is 15.9 Å². The van der Waals surface area contributed by atoms with E-state index in [9.17, 15) is 4.79 Å². The highest BCUT2D eigenvalue weighted by Crippen LogP contribution is 2.13. The summed E-state index contributed by atoms with van der Waals surface area (Å²) in [5.74, 6) is 0.541. The molecule has 5 heteroatoms. The average molecular weight is 277 g/mol. The molecule has 0 spiro atoms. The van der Waals surface area contributed by atoms with Crippen molar-refractivity contribution in [2.75, 3.05) is 7.11 Å². The van der Waals surface area contributed by atoms with Gasteiger partial charge >= 0.3 is 0 Å². The largest absolute Gasteiger partial charge is 0.497 e. The first-order valence-corrected chi connectivity index (χ1v) is 6.10. The van der Waals surface area contributed by atoms with Crippen LogP contribution in [0.15, 0.2) is 42.6 Å². The highest BCUT2D eigenvalue weighted by Gasteiger charge is 2.09. The van der Waals surface area contributed by atoms with Crippen LogP contribution in [0, 0.1) is 0 Å². The van der Waals surface area contributed by atoms with E-state index in [2.05, 4.69) is 10.3 Å². The Hall–Kier alpha value is -2.07. The minimum atomic E-state index is -0.242. The van der Waals surface area contributed by atoms with Gasteiger partial charge in [0.1, 0.15) is 10.9 Å². The number of methoxy groups -OCH3 is 1. The van der Waals surface area contributed by atoms with Crippen LogP contribution in [0.3, 0.4) is 0 Å². The molecule has 0 aliphatic carbocycles. The molecule has 0 bridgehead atoms. The number of carbonyl (C=O) groups is 1. The van der Waals surface area contributed by atoms with Gasteiger partial charge in [-0.15, -0.1) is 0 Å². The summed E-state index contributed by atoms with van der Waals surface area (Å²) in [6.07, 6.45) is 1.54. The minimum Gasteiger partial charge on any atom is -0.497 e. The zero-order valence-electron chi connectivity index (χ0n) is 10.4. The van der Waals surface area contributed by atoms with Crippen LogP contribution < -0.4 is 10.1 Å². The maximum absolute atomic E-state index is 11.9. The molecule has 1 N–H and O–H groups in total. The second-order valence-electron chi connectivity index (χ2n) is 3.87. The van der Waals surface area contributed by atoms with Crippen LogP contribution in [0.2, 0.25) is 5.15 Å². The molecule has 0 unspecified atom stereocenters. The van der Waals surface area contributed by atoms with Crippen molar-refractivity contribution in [3.8, 4) is 5.75 Å². The maximum atomic E-state index is 11.9. The molecule has 2 aromatic rings. The number of nitrogens with one attached hydrogen (secondary N) is 1. The molecule has 0 radical (unpaired) electrons. The molecule has 1 amide bonds. The topological polar surface area (TPSA) is 51.2 Å². The van der Waals surface area contributed by atoms with Gasteiger partial charge < -0.3 is 10.1 Å². The van der Waals surface area contributed by atoms with Gasteiger partial charge in [-0.25, -0.2) is 4.98 Å². The number of ether oxygens (including phenoxy) is 1. The van der Waals surface area contributed by atoms with E-state index in [1.54, 1.807) is 25.4 Å². The summed E-state index contributed by atoms with van der Waals surface area (Å²) in [6, 6.07) is 10.8. The van der Waals surface area contributed by atoms with E-state index >= 15 is 0 Å². The summed E-state index contributed by atoms with van der Waals surface area (Å²) in [5, 5.41) is 2.99. The molecule has 0 saturated carbocycles. The molecular formula is C14H13ClN2O2. The van der Waals surface area contributed by atoms with Gasteiger partial charge in [-0.05, 0) is 29.8 Å². The lowest BCUT2D eigenvalue weighted by Gasteiger charge is -2.07. The number of halogens is 1. The van der Waals surface area contributed by atoms with E-state index < -0.39 is 0 Å². The van der Waals surface area contributed by atoms with Gasteiger partial charge in [0.2, 0.25) is 0 Å². The van der Waals surface area contributed by atoms with Crippen molar-refractivity contribution in [2.45, 2.75) is 6.54 Å². The Bertz CT molecular complexity index is 570. The molecule has 1 aromatic heterocycles. The van der Waals surface area contributed by atoms with Crippen molar-refractivity contribution in [1.29, 1.82) is 0 Å². The second-order valence-corrected chi connectivity index (χ2v) is 4.23. The number of nitrogens with zero attached hydrogens (tertiary/aromatic N) is 1. The van der Waals surface area contributed by atoms with Crippen molar-refractivity contribution in [2.24, 2.45) is 0 Å². The fourth-order valence-electron chi connectivity index (χ4n) is 1.58. The number of aromatic nitrogens is 1. The third-order valence-corrected chi connectivity index (χ3v) is 2.92. The number of hydrogen-bond acceptors (Lipinski definition) is 3. The predicted octanol–water partition coefficient (Wildman–Crippen LogP) is 2.67. The molecule has 1 heterocycles. The van der Waals surface area contributed by atoms with Gasteiger partial charge in [0.05, 0.1) is 12.7 Å². The zero-order valence-corrected chi connectivity index (χ0v) is 11.1. The quantitative estimate of drug-likeness (QED) is 0.874. The van der Waals surface area contributed by atoms with Crippen molar-refractivity contribution in [3.05, 3.63) is 58.9 Å². The number of pyridine rings is 1. The van der Waals surface area contributed by atoms with Gasteiger partial charge in [-0.1, -0.05) is 23.7 Å². The van der Waals surface area contributed by atoms with Gasteiger partial charge in [0, 0.05) is 12.7 Å². The van der Waals surface area contributed by atoms with Crippen LogP contribution >= 0.6 is 11.6 Å². The Labute approximate surface area is 116 Å². The number of rotatable bonds is 4. The van der Waals surface area contributed by atoms with Crippen LogP contribution in [-0.2, 0) is 6.54 Å². The van der Waals surface area contributed by atoms with Crippen LogP contribution in [0.25, 0.3) is 0 Å². The molecule has 98 valence electrons. The monoisotopic (exact) mass is 276 g/mol. The van der Waals surface area contributed by atoms with E-state index in [1.807, 2.05) is 24.3 Å². The molecular weight excluding hydrogens is 264 g/mol. The standard InChI is InChI=1S/C14H13ClN2O2/c1-19-11-6-4-10(5-7-11)9-17-14(18)12-3-2-8-16-13(12)15/h2-8H,9H2,1H3,(H,17,18). The summed E-state index contributed by atoms with van der Waals surface area (Å²) in [6.45, 7) is 0.425. The lowest BCUT2D eigenvalue weighted by molar-refractivity contribution is 0.0950. The Morgan fingerprint density at radius 3 is 2.68 bits per heavy atom. The van der Waals surface area contributed by atoms with Crippen molar-refractivity contribution in [3.63, 3.8) is 0 Å². The highest BCUT2D eigenvalue weighted by atomic mass is 35.5. The molecule has 0 saturated heterocycles. The Morgan fingerprint density at radius 1 is 1.32 bits per heavy atom. The molecule has 1 aromatic carbocycles. The first-order valence-electron chi connectivity index (χ1n) is 5.72. The summed E-state index contributed by atoms with van der Waals surface area (Å²) in [7, 11) is 1.61. The van der Waals surface area contributed by atoms with E-state index in [4.69, 9.17) is 16.3 Å². The minimum absolute atomic E-state index is 0.203. The summed E-state index contributed by atoms with van der Waals surface area (Å²) in [4.78, 5) is 15.8. The van der Waals surface area contributed by atoms with Gasteiger partial charge in [-0.3, -0.25) is 4.79 Å². The fourth-order valence-corrected chi connectivity index (χ4v) is 1.78. The Balaban J connectivity index is 1.98. The van der Waals surface area contributed by atoms with Gasteiger partial charge in [0.15, 0.2) is 0 Å². The summed E-state index contributed by atoms with van der Waals surface area (Å²) >= 11 is 5.85. The second kappa shape index (κ2) is 6.20. The van der Waals surface area contributed by atoms with Crippen LogP contribution in [0.4, 0.5) is 0 Å². The number of hydrogen-bond donors (Lipinski definition) is 1. The number of amides is 1. The van der Waals surface area contributed by atoms with Crippen molar-refractivity contribution < 1.29 is 9.53 Å². The van der Waals surface area contributed by atoms with Crippen molar-refractivity contribution >= 4 is 17.5 Å². The zero-order chi connectivity index (χ0) is 13.7. The SMILES string of the molecule is COc1ccc(CNC(=O)c2cccnc2Cl)cc1. The smallest absolute Gasteiger partial charge is 0.254 e. The molecule has 4 nitrogen and oxygen atoms in total. The van der Waals surface area contributed by atoms with Crippen LogP contribution in [0.5, 0.6) is 5.75 Å². The predicted molar refractivity (Wildman–Crippen MR) is 73.4 cm³/mol. The van der Waals surface area contributed by atoms with E-state index in [0.29, 0.717) is 12.1 Å². The first kappa shape index (κ1) is 13.4. The van der Waals surface area contributed by atoms with Crippen molar-refractivity contribution in [1.82, 2.24) is 10.3 Å². The molecule has 0 aliphatic heterocycles. The molecule has 0 atom stereocenters. The van der Waals surface area contributed by atoms with E-state index in [-0.39, 0.29) is 11.1 Å². The number of benzene rings is 1. The van der Waals surface area contributed by atoms with Gasteiger partial charge in [-0.2, -0.15) is 0 Å². The normalized spacial score (nSPS) is 10.0.